The number of para-hydroxylation sites is 1. The fourth-order valence-electron chi connectivity index (χ4n) is 3.31. The van der Waals surface area contributed by atoms with Crippen LogP contribution in [0.5, 0.6) is 11.5 Å². The predicted octanol–water partition coefficient (Wildman–Crippen LogP) is 3.99. The first-order valence-electron chi connectivity index (χ1n) is 10.7. The summed E-state index contributed by atoms with van der Waals surface area (Å²) in [4.78, 5) is 48.9. The van der Waals surface area contributed by atoms with Crippen LogP contribution in [0.3, 0.4) is 0 Å². The summed E-state index contributed by atoms with van der Waals surface area (Å²) in [5.41, 5.74) is 1.14. The minimum Gasteiger partial charge on any atom is -0.493 e. The molecule has 1 heterocycles. The van der Waals surface area contributed by atoms with Crippen molar-refractivity contribution in [1.82, 2.24) is 4.90 Å². The van der Waals surface area contributed by atoms with Crippen LogP contribution in [0.25, 0.3) is 6.08 Å². The summed E-state index contributed by atoms with van der Waals surface area (Å²) >= 11 is 9.54. The minimum absolute atomic E-state index is 0.0153. The number of nitrogens with one attached hydrogen (secondary N) is 1. The van der Waals surface area contributed by atoms with Crippen molar-refractivity contribution in [3.8, 4) is 11.5 Å². The molecular formula is C24H21BrN2O8S2. The highest BCUT2D eigenvalue weighted by molar-refractivity contribution is 9.10. The van der Waals surface area contributed by atoms with Crippen LogP contribution in [-0.4, -0.2) is 62.9 Å². The molecule has 3 N–H and O–H groups in total. The number of methoxy groups -OCH3 is 1. The second-order valence-electron chi connectivity index (χ2n) is 7.57. The van der Waals surface area contributed by atoms with Crippen LogP contribution in [0.4, 0.5) is 5.69 Å². The highest BCUT2D eigenvalue weighted by Crippen LogP contribution is 2.39. The monoisotopic (exact) mass is 608 g/mol. The van der Waals surface area contributed by atoms with Crippen molar-refractivity contribution in [3.05, 3.63) is 57.4 Å². The van der Waals surface area contributed by atoms with Crippen LogP contribution < -0.4 is 14.8 Å². The quantitative estimate of drug-likeness (QED) is 0.253. The van der Waals surface area contributed by atoms with Gasteiger partial charge in [0.05, 0.1) is 12.0 Å². The zero-order valence-electron chi connectivity index (χ0n) is 19.3. The number of amides is 2. The molecule has 0 spiro atoms. The largest absolute Gasteiger partial charge is 0.493 e. The molecule has 1 saturated heterocycles. The van der Waals surface area contributed by atoms with Gasteiger partial charge in [-0.05, 0) is 42.3 Å². The van der Waals surface area contributed by atoms with Gasteiger partial charge in [0.15, 0.2) is 18.1 Å². The molecule has 0 saturated carbocycles. The molecule has 0 aliphatic carbocycles. The fourth-order valence-corrected chi connectivity index (χ4v) is 5.09. The van der Waals surface area contributed by atoms with Crippen LogP contribution in [0, 0.1) is 0 Å². The third-order valence-corrected chi connectivity index (χ3v) is 7.05. The van der Waals surface area contributed by atoms with Gasteiger partial charge in [0.2, 0.25) is 0 Å². The van der Waals surface area contributed by atoms with Crippen LogP contribution in [0.2, 0.25) is 0 Å². The molecule has 10 nitrogen and oxygen atoms in total. The molecular weight excluding hydrogens is 588 g/mol. The van der Waals surface area contributed by atoms with Gasteiger partial charge >= 0.3 is 11.9 Å². The molecule has 1 fully saturated rings. The molecule has 0 radical (unpaired) electrons. The lowest BCUT2D eigenvalue weighted by Crippen LogP contribution is -2.44. The summed E-state index contributed by atoms with van der Waals surface area (Å²) in [6, 6.07) is 10.7. The number of halogens is 1. The van der Waals surface area contributed by atoms with E-state index in [0.717, 1.165) is 16.7 Å². The van der Waals surface area contributed by atoms with E-state index in [1.165, 1.54) is 13.2 Å². The van der Waals surface area contributed by atoms with Crippen molar-refractivity contribution < 1.29 is 38.9 Å². The molecule has 0 bridgehead atoms. The molecule has 2 aromatic rings. The maximum Gasteiger partial charge on any atom is 0.326 e. The van der Waals surface area contributed by atoms with Crippen LogP contribution >= 0.6 is 39.9 Å². The zero-order chi connectivity index (χ0) is 27.1. The average molecular weight is 609 g/mol. The van der Waals surface area contributed by atoms with Gasteiger partial charge < -0.3 is 25.0 Å². The molecule has 1 aliphatic rings. The number of nitrogens with zero attached hydrogens (tertiary/aromatic N) is 1. The highest BCUT2D eigenvalue weighted by Gasteiger charge is 2.40. The maximum absolute atomic E-state index is 13.0. The van der Waals surface area contributed by atoms with Gasteiger partial charge in [-0.25, -0.2) is 4.79 Å². The lowest BCUT2D eigenvalue weighted by Gasteiger charge is -2.22. The second kappa shape index (κ2) is 12.7. The van der Waals surface area contributed by atoms with E-state index in [2.05, 4.69) is 21.2 Å². The van der Waals surface area contributed by atoms with Gasteiger partial charge in [0.1, 0.15) is 10.4 Å². The lowest BCUT2D eigenvalue weighted by atomic mass is 10.1. The molecule has 0 aromatic heterocycles. The van der Waals surface area contributed by atoms with E-state index in [4.69, 9.17) is 26.8 Å². The number of hydrogen-bond donors (Lipinski definition) is 3. The van der Waals surface area contributed by atoms with E-state index in [9.17, 15) is 24.3 Å². The van der Waals surface area contributed by atoms with Gasteiger partial charge in [0.25, 0.3) is 11.8 Å². The average Bonchev–Trinajstić information content (AvgIpc) is 3.12. The molecule has 1 atom stereocenters. The first-order valence-corrected chi connectivity index (χ1v) is 12.7. The first-order chi connectivity index (χ1) is 17.6. The lowest BCUT2D eigenvalue weighted by molar-refractivity contribution is -0.146. The van der Waals surface area contributed by atoms with Crippen molar-refractivity contribution in [3.63, 3.8) is 0 Å². The summed E-state index contributed by atoms with van der Waals surface area (Å²) in [6.07, 6.45) is 0.792. The molecule has 1 aliphatic heterocycles. The van der Waals surface area contributed by atoms with E-state index < -0.39 is 30.3 Å². The Hall–Kier alpha value is -3.42. The number of carboxylic acids is 2. The summed E-state index contributed by atoms with van der Waals surface area (Å²) in [6.45, 7) is -0.275. The number of thiocarbonyl (C=S) groups is 1. The molecule has 3 rings (SSSR count). The van der Waals surface area contributed by atoms with Crippen molar-refractivity contribution in [1.29, 1.82) is 0 Å². The number of ether oxygens (including phenoxy) is 2. The predicted molar refractivity (Wildman–Crippen MR) is 145 cm³/mol. The van der Waals surface area contributed by atoms with Gasteiger partial charge in [-0.3, -0.25) is 19.3 Å². The Kier molecular flexibility index (Phi) is 9.66. The summed E-state index contributed by atoms with van der Waals surface area (Å²) in [7, 11) is 1.42. The van der Waals surface area contributed by atoms with Crippen molar-refractivity contribution >= 4 is 79.7 Å². The number of carboxylic acid groups (broad SMARTS) is 2. The Morgan fingerprint density at radius 2 is 1.89 bits per heavy atom. The molecule has 13 heteroatoms. The standard InChI is InChI=1S/C24H21BrN2O8S2/c1-34-17-9-13(15(25)11-18(17)35-12-20(28)26-14-5-3-2-4-6-14)10-19-22(31)27(24(36)37-19)16(23(32)33)7-8-21(29)30/h2-6,9-11,16H,7-8,12H2,1H3,(H,26,28)(H,29,30)(H,32,33)/b19-10+. The Bertz CT molecular complexity index is 1270. The Balaban J connectivity index is 1.77. The smallest absolute Gasteiger partial charge is 0.326 e. The molecule has 2 aromatic carbocycles. The Morgan fingerprint density at radius 3 is 2.51 bits per heavy atom. The van der Waals surface area contributed by atoms with Crippen molar-refractivity contribution in [2.24, 2.45) is 0 Å². The van der Waals surface area contributed by atoms with E-state index in [0.29, 0.717) is 21.5 Å². The number of anilines is 1. The summed E-state index contributed by atoms with van der Waals surface area (Å²) in [5, 5.41) is 21.2. The normalized spacial score (nSPS) is 15.0. The van der Waals surface area contributed by atoms with Gasteiger partial charge in [-0.1, -0.05) is 58.1 Å². The van der Waals surface area contributed by atoms with E-state index >= 15 is 0 Å². The number of thioether (sulfide) groups is 1. The highest BCUT2D eigenvalue weighted by atomic mass is 79.9. The Labute approximate surface area is 229 Å². The van der Waals surface area contributed by atoms with Crippen LogP contribution in [0.1, 0.15) is 18.4 Å². The van der Waals surface area contributed by atoms with Crippen LogP contribution in [-0.2, 0) is 19.2 Å². The van der Waals surface area contributed by atoms with E-state index in [1.54, 1.807) is 36.4 Å². The number of hydrogen-bond acceptors (Lipinski definition) is 8. The first kappa shape index (κ1) is 28.2. The molecule has 37 heavy (non-hydrogen) atoms. The third-order valence-electron chi connectivity index (χ3n) is 5.04. The second-order valence-corrected chi connectivity index (χ2v) is 10.1. The molecule has 1 unspecified atom stereocenters. The number of carbonyl (C=O) groups excluding carboxylic acids is 2. The number of aliphatic carboxylic acids is 2. The minimum atomic E-state index is -1.40. The number of benzene rings is 2. The summed E-state index contributed by atoms with van der Waals surface area (Å²) < 4.78 is 11.5. The van der Waals surface area contributed by atoms with E-state index in [-0.39, 0.29) is 33.9 Å². The third kappa shape index (κ3) is 7.31. The van der Waals surface area contributed by atoms with Crippen LogP contribution in [0.15, 0.2) is 51.8 Å². The topological polar surface area (TPSA) is 142 Å². The van der Waals surface area contributed by atoms with Gasteiger partial charge in [-0.15, -0.1) is 0 Å². The number of rotatable bonds is 11. The fraction of sp³-hybridized carbons (Fsp3) is 0.208. The Morgan fingerprint density at radius 1 is 1.19 bits per heavy atom. The molecule has 2 amide bonds. The van der Waals surface area contributed by atoms with Crippen molar-refractivity contribution in [2.45, 2.75) is 18.9 Å². The zero-order valence-corrected chi connectivity index (χ0v) is 22.5. The van der Waals surface area contributed by atoms with E-state index in [1.807, 2.05) is 6.07 Å². The SMILES string of the molecule is COc1cc(/C=C2/SC(=S)N(C(CCC(=O)O)C(=O)O)C2=O)c(Br)cc1OCC(=O)Nc1ccccc1. The van der Waals surface area contributed by atoms with Crippen molar-refractivity contribution in [2.75, 3.05) is 19.0 Å². The maximum atomic E-state index is 13.0. The summed E-state index contributed by atoms with van der Waals surface area (Å²) in [5.74, 6) is -2.96. The number of carbonyl (C=O) groups is 4. The molecule has 194 valence electrons. The van der Waals surface area contributed by atoms with Gasteiger partial charge in [0, 0.05) is 16.6 Å². The van der Waals surface area contributed by atoms with Gasteiger partial charge in [-0.2, -0.15) is 0 Å².